The van der Waals surface area contributed by atoms with Gasteiger partial charge in [-0.2, -0.15) is 4.52 Å². The van der Waals surface area contributed by atoms with Gasteiger partial charge in [0.05, 0.1) is 10.4 Å². The van der Waals surface area contributed by atoms with E-state index in [-0.39, 0.29) is 15.6 Å². The van der Waals surface area contributed by atoms with Crippen molar-refractivity contribution in [1.82, 2.24) is 19.8 Å². The Kier molecular flexibility index (Phi) is 4.60. The highest BCUT2D eigenvalue weighted by atomic mass is 35.5. The first-order valence-corrected chi connectivity index (χ1v) is 11.3. The van der Waals surface area contributed by atoms with Crippen molar-refractivity contribution in [3.8, 4) is 0 Å². The van der Waals surface area contributed by atoms with Gasteiger partial charge in [-0.05, 0) is 48.9 Å². The molecule has 5 aromatic rings. The molecule has 2 heterocycles. The summed E-state index contributed by atoms with van der Waals surface area (Å²) >= 11 is 6.17. The average Bonchev–Trinajstić information content (AvgIpc) is 3.22. The van der Waals surface area contributed by atoms with Crippen molar-refractivity contribution in [2.45, 2.75) is 16.8 Å². The minimum atomic E-state index is -3.90. The van der Waals surface area contributed by atoms with Crippen molar-refractivity contribution in [2.75, 3.05) is 5.32 Å². The molecule has 9 heteroatoms. The van der Waals surface area contributed by atoms with Gasteiger partial charge in [0, 0.05) is 16.1 Å². The molecule has 31 heavy (non-hydrogen) atoms. The minimum Gasteiger partial charge on any atom is -0.339 e. The molecule has 0 atom stereocenters. The molecule has 0 saturated carbocycles. The van der Waals surface area contributed by atoms with Crippen molar-refractivity contribution in [3.05, 3.63) is 83.4 Å². The van der Waals surface area contributed by atoms with E-state index in [9.17, 15) is 8.42 Å². The van der Waals surface area contributed by atoms with Gasteiger partial charge in [-0.3, -0.25) is 0 Å². The normalized spacial score (nSPS) is 11.8. The van der Waals surface area contributed by atoms with Crippen molar-refractivity contribution < 1.29 is 8.42 Å². The topological polar surface area (TPSA) is 89.2 Å². The lowest BCUT2D eigenvalue weighted by atomic mass is 10.2. The van der Waals surface area contributed by atoms with Crippen LogP contribution in [0.2, 0.25) is 5.02 Å². The Hall–Kier alpha value is -3.49. The van der Waals surface area contributed by atoms with Crippen LogP contribution in [0.5, 0.6) is 0 Å². The molecule has 2 aromatic heterocycles. The number of para-hydroxylation sites is 1. The van der Waals surface area contributed by atoms with Gasteiger partial charge in [-0.1, -0.05) is 53.2 Å². The Labute approximate surface area is 183 Å². The van der Waals surface area contributed by atoms with Gasteiger partial charge in [0.1, 0.15) is 5.82 Å². The predicted octanol–water partition coefficient (Wildman–Crippen LogP) is 4.82. The summed E-state index contributed by atoms with van der Waals surface area (Å²) in [5, 5.41) is 12.5. The van der Waals surface area contributed by atoms with E-state index in [1.54, 1.807) is 24.3 Å². The van der Waals surface area contributed by atoms with E-state index in [4.69, 9.17) is 11.6 Å². The monoisotopic (exact) mass is 449 g/mol. The Bertz CT molecular complexity index is 1550. The number of hydrogen-bond donors (Lipinski definition) is 1. The highest BCUT2D eigenvalue weighted by Crippen LogP contribution is 2.31. The van der Waals surface area contributed by atoms with Gasteiger partial charge in [0.25, 0.3) is 0 Å². The van der Waals surface area contributed by atoms with Crippen LogP contribution in [0.3, 0.4) is 0 Å². The number of aryl methyl sites for hydroxylation is 1. The summed E-state index contributed by atoms with van der Waals surface area (Å²) in [7, 11) is -3.90. The molecular weight excluding hydrogens is 434 g/mol. The molecule has 0 radical (unpaired) electrons. The van der Waals surface area contributed by atoms with Crippen LogP contribution in [-0.4, -0.2) is 28.2 Å². The zero-order valence-electron chi connectivity index (χ0n) is 16.3. The first kappa shape index (κ1) is 19.5. The predicted molar refractivity (Wildman–Crippen MR) is 120 cm³/mol. The summed E-state index contributed by atoms with van der Waals surface area (Å²) in [6.45, 7) is 1.95. The molecule has 0 spiro atoms. The molecule has 0 aliphatic carbocycles. The molecule has 7 nitrogen and oxygen atoms in total. The molecule has 1 N–H and O–H groups in total. The first-order valence-electron chi connectivity index (χ1n) is 9.42. The van der Waals surface area contributed by atoms with E-state index in [1.807, 2.05) is 43.3 Å². The molecule has 0 saturated heterocycles. The lowest BCUT2D eigenvalue weighted by Gasteiger charge is -2.12. The van der Waals surface area contributed by atoms with Crippen molar-refractivity contribution in [2.24, 2.45) is 0 Å². The van der Waals surface area contributed by atoms with E-state index in [0.717, 1.165) is 16.6 Å². The fourth-order valence-electron chi connectivity index (χ4n) is 3.38. The number of nitrogens with zero attached hydrogens (tertiary/aromatic N) is 4. The number of aromatic nitrogens is 4. The molecule has 154 valence electrons. The van der Waals surface area contributed by atoms with Crippen molar-refractivity contribution in [1.29, 1.82) is 0 Å². The number of sulfone groups is 1. The largest absolute Gasteiger partial charge is 0.339 e. The lowest BCUT2D eigenvalue weighted by Crippen LogP contribution is -2.06. The summed E-state index contributed by atoms with van der Waals surface area (Å²) in [4.78, 5) is 4.76. The second-order valence-electron chi connectivity index (χ2n) is 7.01. The Balaban J connectivity index is 1.76. The Morgan fingerprint density at radius 2 is 1.71 bits per heavy atom. The number of fused-ring (bicyclic) bond motifs is 3. The third-order valence-electron chi connectivity index (χ3n) is 4.98. The van der Waals surface area contributed by atoms with E-state index in [1.165, 1.54) is 16.6 Å². The van der Waals surface area contributed by atoms with Crippen LogP contribution in [0.25, 0.3) is 16.6 Å². The molecule has 5 rings (SSSR count). The van der Waals surface area contributed by atoms with Gasteiger partial charge < -0.3 is 5.32 Å². The van der Waals surface area contributed by atoms with Crippen LogP contribution in [0.4, 0.5) is 11.5 Å². The smallest absolute Gasteiger partial charge is 0.229 e. The molecule has 3 aromatic carbocycles. The maximum absolute atomic E-state index is 13.2. The molecular formula is C22H16ClN5O2S. The zero-order valence-corrected chi connectivity index (χ0v) is 17.9. The van der Waals surface area contributed by atoms with Crippen LogP contribution in [0.1, 0.15) is 5.56 Å². The van der Waals surface area contributed by atoms with Crippen LogP contribution in [0.15, 0.2) is 82.7 Å². The minimum absolute atomic E-state index is 0.132. The second-order valence-corrected chi connectivity index (χ2v) is 9.31. The summed E-state index contributed by atoms with van der Waals surface area (Å²) in [5.74, 6) is 0.486. The number of rotatable bonds is 4. The van der Waals surface area contributed by atoms with E-state index in [2.05, 4.69) is 20.6 Å². The van der Waals surface area contributed by atoms with E-state index >= 15 is 0 Å². The fourth-order valence-corrected chi connectivity index (χ4v) is 4.81. The Morgan fingerprint density at radius 3 is 2.52 bits per heavy atom. The number of halogens is 1. The maximum Gasteiger partial charge on any atom is 0.229 e. The van der Waals surface area contributed by atoms with Crippen molar-refractivity contribution >= 4 is 49.5 Å². The number of anilines is 2. The molecule has 0 fully saturated rings. The van der Waals surface area contributed by atoms with Crippen LogP contribution >= 0.6 is 11.6 Å². The van der Waals surface area contributed by atoms with Gasteiger partial charge in [-0.25, -0.2) is 13.4 Å². The SMILES string of the molecule is Cc1ccc(Cl)cc1Nc1nc2c(S(=O)(=O)c3ccccc3)nnn2c2ccccc12. The van der Waals surface area contributed by atoms with Crippen LogP contribution < -0.4 is 5.32 Å². The quantitative estimate of drug-likeness (QED) is 0.423. The fraction of sp³-hybridized carbons (Fsp3) is 0.0455. The van der Waals surface area contributed by atoms with Gasteiger partial charge in [0.15, 0.2) is 5.65 Å². The third kappa shape index (κ3) is 3.30. The first-order chi connectivity index (χ1) is 14.9. The van der Waals surface area contributed by atoms with E-state index < -0.39 is 9.84 Å². The van der Waals surface area contributed by atoms with Gasteiger partial charge in [0.2, 0.25) is 14.9 Å². The highest BCUT2D eigenvalue weighted by molar-refractivity contribution is 7.91. The lowest BCUT2D eigenvalue weighted by molar-refractivity contribution is 0.592. The number of benzene rings is 3. The van der Waals surface area contributed by atoms with E-state index in [0.29, 0.717) is 16.4 Å². The standard InChI is InChI=1S/C22H16ClN5O2S/c1-14-11-12-15(23)13-18(14)24-20-17-9-5-6-10-19(17)28-21(25-20)22(26-27-28)31(29,30)16-7-3-2-4-8-16/h2-13H,1H3,(H,24,25). The van der Waals surface area contributed by atoms with Gasteiger partial charge in [-0.15, -0.1) is 5.10 Å². The highest BCUT2D eigenvalue weighted by Gasteiger charge is 2.27. The average molecular weight is 450 g/mol. The summed E-state index contributed by atoms with van der Waals surface area (Å²) < 4.78 is 27.9. The van der Waals surface area contributed by atoms with Crippen LogP contribution in [-0.2, 0) is 9.84 Å². The molecule has 0 aliphatic rings. The van der Waals surface area contributed by atoms with Crippen molar-refractivity contribution in [3.63, 3.8) is 0 Å². The number of nitrogens with one attached hydrogen (secondary N) is 1. The maximum atomic E-state index is 13.2. The molecule has 0 bridgehead atoms. The second kappa shape index (κ2) is 7.33. The summed E-state index contributed by atoms with van der Waals surface area (Å²) in [6, 6.07) is 21.1. The zero-order chi connectivity index (χ0) is 21.6. The molecule has 0 aliphatic heterocycles. The number of hydrogen-bond acceptors (Lipinski definition) is 6. The summed E-state index contributed by atoms with van der Waals surface area (Å²) in [6.07, 6.45) is 0. The Morgan fingerprint density at radius 1 is 0.968 bits per heavy atom. The van der Waals surface area contributed by atoms with Gasteiger partial charge >= 0.3 is 0 Å². The van der Waals surface area contributed by atoms with Crippen LogP contribution in [0, 0.1) is 6.92 Å². The molecule has 0 unspecified atom stereocenters. The third-order valence-corrected chi connectivity index (χ3v) is 6.88. The molecule has 0 amide bonds. The summed E-state index contributed by atoms with van der Waals surface area (Å²) in [5.41, 5.74) is 2.56.